The van der Waals surface area contributed by atoms with E-state index in [4.69, 9.17) is 0 Å². The highest BCUT2D eigenvalue weighted by atomic mass is 16.2. The van der Waals surface area contributed by atoms with Crippen molar-refractivity contribution in [2.24, 2.45) is 13.0 Å². The number of hydrogen-bond acceptors (Lipinski definition) is 2. The van der Waals surface area contributed by atoms with Gasteiger partial charge in [-0.2, -0.15) is 0 Å². The summed E-state index contributed by atoms with van der Waals surface area (Å²) < 4.78 is 1.99. The minimum atomic E-state index is -0.0544. The molecule has 1 saturated carbocycles. The number of nitrogens with zero attached hydrogens (tertiary/aromatic N) is 2. The summed E-state index contributed by atoms with van der Waals surface area (Å²) in [5.41, 5.74) is 3.85. The number of aromatic amines is 1. The van der Waals surface area contributed by atoms with Crippen molar-refractivity contribution in [3.63, 3.8) is 0 Å². The zero-order valence-corrected chi connectivity index (χ0v) is 14.3. The first-order valence-electron chi connectivity index (χ1n) is 8.41. The first kappa shape index (κ1) is 15.0. The molecule has 124 valence electrons. The molecule has 1 aromatic carbocycles. The number of amides is 1. The molecule has 3 aromatic rings. The normalized spacial score (nSPS) is 15.6. The molecule has 0 spiro atoms. The fourth-order valence-corrected chi connectivity index (χ4v) is 3.38. The number of hydrogen-bond donors (Lipinski definition) is 2. The Kier molecular flexibility index (Phi) is 3.44. The van der Waals surface area contributed by atoms with Gasteiger partial charge in [0, 0.05) is 30.3 Å². The highest BCUT2D eigenvalue weighted by Crippen LogP contribution is 2.40. The van der Waals surface area contributed by atoms with E-state index in [0.29, 0.717) is 11.6 Å². The van der Waals surface area contributed by atoms with Gasteiger partial charge >= 0.3 is 0 Å². The summed E-state index contributed by atoms with van der Waals surface area (Å²) in [6.07, 6.45) is 5.99. The van der Waals surface area contributed by atoms with E-state index in [1.54, 1.807) is 6.20 Å². The van der Waals surface area contributed by atoms with E-state index in [1.165, 1.54) is 5.56 Å². The molecule has 1 aliphatic rings. The van der Waals surface area contributed by atoms with Crippen LogP contribution in [0.2, 0.25) is 0 Å². The quantitative estimate of drug-likeness (QED) is 0.773. The lowest BCUT2D eigenvalue weighted by atomic mass is 10.1. The molecule has 2 aromatic heterocycles. The number of nitrogens with one attached hydrogen (secondary N) is 2. The maximum atomic E-state index is 12.9. The third-order valence-corrected chi connectivity index (χ3v) is 4.96. The SMILES string of the molecule is Cc1ccc2[nH]c(C(=O)N[C@@H](c3nccn3C)C3CC3)c(C)c2c1. The molecule has 5 heteroatoms. The Morgan fingerprint density at radius 3 is 2.83 bits per heavy atom. The highest BCUT2D eigenvalue weighted by molar-refractivity contribution is 6.01. The third kappa shape index (κ3) is 2.50. The number of aryl methyl sites for hydroxylation is 3. The van der Waals surface area contributed by atoms with Crippen molar-refractivity contribution in [3.8, 4) is 0 Å². The maximum absolute atomic E-state index is 12.9. The standard InChI is InChI=1S/C19H22N4O/c1-11-4-7-15-14(10-11)12(2)16(21-15)19(24)22-17(13-5-6-13)18-20-8-9-23(18)3/h4,7-10,13,17,21H,5-6H2,1-3H3,(H,22,24)/t17-/m1/s1. The summed E-state index contributed by atoms with van der Waals surface area (Å²) in [4.78, 5) is 20.6. The number of benzene rings is 1. The van der Waals surface area contributed by atoms with Gasteiger partial charge in [0.25, 0.3) is 5.91 Å². The molecule has 0 bridgehead atoms. The fraction of sp³-hybridized carbons (Fsp3) is 0.368. The van der Waals surface area contributed by atoms with Gasteiger partial charge in [-0.1, -0.05) is 11.6 Å². The largest absolute Gasteiger partial charge is 0.350 e. The molecule has 1 amide bonds. The first-order chi connectivity index (χ1) is 11.5. The van der Waals surface area contributed by atoms with Gasteiger partial charge in [-0.25, -0.2) is 4.98 Å². The molecule has 2 heterocycles. The maximum Gasteiger partial charge on any atom is 0.268 e. The average molecular weight is 322 g/mol. The van der Waals surface area contributed by atoms with Crippen LogP contribution in [0.15, 0.2) is 30.6 Å². The molecule has 0 unspecified atom stereocenters. The Labute approximate surface area is 141 Å². The second-order valence-corrected chi connectivity index (χ2v) is 6.86. The zero-order valence-electron chi connectivity index (χ0n) is 14.3. The van der Waals surface area contributed by atoms with E-state index in [1.807, 2.05) is 30.8 Å². The summed E-state index contributed by atoms with van der Waals surface area (Å²) >= 11 is 0. The van der Waals surface area contributed by atoms with Gasteiger partial charge in [0.15, 0.2) is 0 Å². The van der Waals surface area contributed by atoms with E-state index < -0.39 is 0 Å². The average Bonchev–Trinajstić information content (AvgIpc) is 3.24. The summed E-state index contributed by atoms with van der Waals surface area (Å²) in [7, 11) is 1.97. The van der Waals surface area contributed by atoms with Gasteiger partial charge in [0.05, 0.1) is 6.04 Å². The van der Waals surface area contributed by atoms with Gasteiger partial charge in [-0.05, 0) is 50.3 Å². The summed E-state index contributed by atoms with van der Waals surface area (Å²) in [5, 5.41) is 4.31. The van der Waals surface area contributed by atoms with E-state index in [0.717, 1.165) is 35.1 Å². The van der Waals surface area contributed by atoms with Crippen LogP contribution >= 0.6 is 0 Å². The molecule has 0 saturated heterocycles. The molecule has 1 atom stereocenters. The van der Waals surface area contributed by atoms with Gasteiger partial charge in [0.2, 0.25) is 0 Å². The molecule has 5 nitrogen and oxygen atoms in total. The van der Waals surface area contributed by atoms with Crippen LogP contribution in [-0.2, 0) is 7.05 Å². The first-order valence-corrected chi connectivity index (χ1v) is 8.41. The summed E-state index contributed by atoms with van der Waals surface area (Å²) in [6, 6.07) is 6.19. The molecule has 2 N–H and O–H groups in total. The van der Waals surface area contributed by atoms with E-state index in [-0.39, 0.29) is 11.9 Å². The van der Waals surface area contributed by atoms with Crippen LogP contribution < -0.4 is 5.32 Å². The van der Waals surface area contributed by atoms with E-state index in [9.17, 15) is 4.79 Å². The lowest BCUT2D eigenvalue weighted by Crippen LogP contribution is -2.32. The lowest BCUT2D eigenvalue weighted by molar-refractivity contribution is 0.0924. The van der Waals surface area contributed by atoms with Crippen molar-refractivity contribution in [1.82, 2.24) is 19.9 Å². The Hall–Kier alpha value is -2.56. The number of H-pyrrole nitrogens is 1. The van der Waals surface area contributed by atoms with Crippen LogP contribution in [0.3, 0.4) is 0 Å². The molecule has 4 rings (SSSR count). The number of aromatic nitrogens is 3. The molecule has 0 aliphatic heterocycles. The Balaban J connectivity index is 1.66. The van der Waals surface area contributed by atoms with Crippen LogP contribution in [0.5, 0.6) is 0 Å². The Morgan fingerprint density at radius 2 is 2.17 bits per heavy atom. The molecular formula is C19H22N4O. The summed E-state index contributed by atoms with van der Waals surface area (Å²) in [6.45, 7) is 4.07. The van der Waals surface area contributed by atoms with Crippen LogP contribution in [0.4, 0.5) is 0 Å². The third-order valence-electron chi connectivity index (χ3n) is 4.96. The van der Waals surface area contributed by atoms with Crippen molar-refractivity contribution in [1.29, 1.82) is 0 Å². The van der Waals surface area contributed by atoms with E-state index in [2.05, 4.69) is 34.3 Å². The lowest BCUT2D eigenvalue weighted by Gasteiger charge is -2.18. The van der Waals surface area contributed by atoms with Crippen molar-refractivity contribution in [3.05, 3.63) is 53.2 Å². The smallest absolute Gasteiger partial charge is 0.268 e. The monoisotopic (exact) mass is 322 g/mol. The topological polar surface area (TPSA) is 62.7 Å². The minimum absolute atomic E-state index is 0.0231. The molecule has 1 fully saturated rings. The highest BCUT2D eigenvalue weighted by Gasteiger charge is 2.36. The van der Waals surface area contributed by atoms with Crippen molar-refractivity contribution >= 4 is 16.8 Å². The predicted octanol–water partition coefficient (Wildman–Crippen LogP) is 3.40. The van der Waals surface area contributed by atoms with Crippen molar-refractivity contribution in [2.75, 3.05) is 0 Å². The fourth-order valence-electron chi connectivity index (χ4n) is 3.38. The van der Waals surface area contributed by atoms with Gasteiger partial charge in [-0.15, -0.1) is 0 Å². The number of carbonyl (C=O) groups is 1. The molecular weight excluding hydrogens is 300 g/mol. The van der Waals surface area contributed by atoms with Gasteiger partial charge < -0.3 is 14.9 Å². The van der Waals surface area contributed by atoms with Crippen LogP contribution in [0.1, 0.15) is 46.3 Å². The number of carbonyl (C=O) groups excluding carboxylic acids is 1. The van der Waals surface area contributed by atoms with E-state index >= 15 is 0 Å². The van der Waals surface area contributed by atoms with Gasteiger partial charge in [-0.3, -0.25) is 4.79 Å². The second kappa shape index (κ2) is 5.51. The van der Waals surface area contributed by atoms with Crippen molar-refractivity contribution < 1.29 is 4.79 Å². The van der Waals surface area contributed by atoms with Crippen LogP contribution in [0, 0.1) is 19.8 Å². The number of rotatable bonds is 4. The Bertz CT molecular complexity index is 917. The second-order valence-electron chi connectivity index (χ2n) is 6.86. The van der Waals surface area contributed by atoms with Crippen LogP contribution in [-0.4, -0.2) is 20.4 Å². The van der Waals surface area contributed by atoms with Gasteiger partial charge in [0.1, 0.15) is 11.5 Å². The Morgan fingerprint density at radius 1 is 1.38 bits per heavy atom. The number of fused-ring (bicyclic) bond motifs is 1. The van der Waals surface area contributed by atoms with Crippen molar-refractivity contribution in [2.45, 2.75) is 32.7 Å². The molecule has 1 aliphatic carbocycles. The van der Waals surface area contributed by atoms with Crippen LogP contribution in [0.25, 0.3) is 10.9 Å². The molecule has 0 radical (unpaired) electrons. The molecule has 24 heavy (non-hydrogen) atoms. The number of imidazole rings is 1. The minimum Gasteiger partial charge on any atom is -0.350 e. The summed E-state index contributed by atoms with van der Waals surface area (Å²) in [5.74, 6) is 1.36. The predicted molar refractivity (Wildman–Crippen MR) is 93.9 cm³/mol. The zero-order chi connectivity index (χ0) is 16.8.